The molecule has 1 aromatic carbocycles. The molecular formula is C11H16ClN3O2. The van der Waals surface area contributed by atoms with Gasteiger partial charge in [-0.25, -0.2) is 0 Å². The van der Waals surface area contributed by atoms with Crippen LogP contribution in [0.25, 0.3) is 0 Å². The fourth-order valence-electron chi connectivity index (χ4n) is 1.42. The molecule has 1 unspecified atom stereocenters. The van der Waals surface area contributed by atoms with Crippen molar-refractivity contribution in [1.82, 2.24) is 5.32 Å². The van der Waals surface area contributed by atoms with Crippen molar-refractivity contribution in [2.75, 3.05) is 19.1 Å². The van der Waals surface area contributed by atoms with Crippen molar-refractivity contribution < 1.29 is 9.53 Å². The molecule has 0 saturated carbocycles. The zero-order valence-electron chi connectivity index (χ0n) is 9.79. The number of hydrazine groups is 1. The van der Waals surface area contributed by atoms with Gasteiger partial charge >= 0.3 is 0 Å². The lowest BCUT2D eigenvalue weighted by Gasteiger charge is -2.14. The Labute approximate surface area is 105 Å². The maximum absolute atomic E-state index is 11.9. The molecule has 5 nitrogen and oxygen atoms in total. The van der Waals surface area contributed by atoms with Gasteiger partial charge in [0, 0.05) is 18.2 Å². The number of nitrogens with two attached hydrogens (primary N) is 1. The molecule has 0 aromatic heterocycles. The molecule has 0 bridgehead atoms. The summed E-state index contributed by atoms with van der Waals surface area (Å²) in [5.74, 6) is 5.08. The van der Waals surface area contributed by atoms with E-state index in [1.807, 2.05) is 6.92 Å². The van der Waals surface area contributed by atoms with E-state index in [9.17, 15) is 4.79 Å². The molecule has 0 saturated heterocycles. The molecule has 1 atom stereocenters. The number of nitrogen functional groups attached to an aromatic ring is 1. The molecule has 0 aliphatic rings. The minimum atomic E-state index is -0.245. The summed E-state index contributed by atoms with van der Waals surface area (Å²) in [5, 5.41) is 3.26. The molecule has 0 radical (unpaired) electrons. The Morgan fingerprint density at radius 2 is 2.29 bits per heavy atom. The van der Waals surface area contributed by atoms with Crippen LogP contribution in [0.4, 0.5) is 5.69 Å². The number of nitrogens with one attached hydrogen (secondary N) is 2. The molecule has 6 heteroatoms. The molecular weight excluding hydrogens is 242 g/mol. The molecule has 0 aliphatic heterocycles. The number of rotatable bonds is 5. The number of carbonyl (C=O) groups is 1. The van der Waals surface area contributed by atoms with Crippen molar-refractivity contribution in [2.45, 2.75) is 13.0 Å². The molecule has 4 N–H and O–H groups in total. The molecule has 0 aliphatic carbocycles. The summed E-state index contributed by atoms with van der Waals surface area (Å²) in [4.78, 5) is 11.9. The lowest BCUT2D eigenvalue weighted by Crippen LogP contribution is -2.36. The molecule has 1 amide bonds. The zero-order valence-corrected chi connectivity index (χ0v) is 10.5. The first-order chi connectivity index (χ1) is 8.08. The van der Waals surface area contributed by atoms with Crippen LogP contribution in [-0.4, -0.2) is 25.7 Å². The zero-order chi connectivity index (χ0) is 12.8. The Hall–Kier alpha value is -1.30. The Kier molecular flexibility index (Phi) is 5.21. The summed E-state index contributed by atoms with van der Waals surface area (Å²) in [7, 11) is 1.58. The van der Waals surface area contributed by atoms with E-state index >= 15 is 0 Å². The molecule has 1 aromatic rings. The second kappa shape index (κ2) is 6.44. The van der Waals surface area contributed by atoms with Gasteiger partial charge in [-0.15, -0.1) is 0 Å². The number of carbonyl (C=O) groups excluding carboxylic acids is 1. The van der Waals surface area contributed by atoms with E-state index in [4.69, 9.17) is 22.2 Å². The Morgan fingerprint density at radius 1 is 1.59 bits per heavy atom. The summed E-state index contributed by atoms with van der Waals surface area (Å²) in [6.07, 6.45) is 0. The summed E-state index contributed by atoms with van der Waals surface area (Å²) in [6, 6.07) is 4.78. The minimum Gasteiger partial charge on any atom is -0.383 e. The fraction of sp³-hybridized carbons (Fsp3) is 0.364. The highest BCUT2D eigenvalue weighted by atomic mass is 35.5. The molecule has 17 heavy (non-hydrogen) atoms. The smallest absolute Gasteiger partial charge is 0.253 e. The van der Waals surface area contributed by atoms with E-state index in [1.165, 1.54) is 0 Å². The van der Waals surface area contributed by atoms with E-state index in [-0.39, 0.29) is 11.9 Å². The maximum atomic E-state index is 11.9. The number of halogens is 1. The molecule has 0 fully saturated rings. The summed E-state index contributed by atoms with van der Waals surface area (Å²) < 4.78 is 4.94. The number of amides is 1. The Morgan fingerprint density at radius 3 is 2.88 bits per heavy atom. The van der Waals surface area contributed by atoms with Gasteiger partial charge in [0.2, 0.25) is 0 Å². The molecule has 94 valence electrons. The number of ether oxygens (including phenoxy) is 1. The van der Waals surface area contributed by atoms with Gasteiger partial charge in [-0.3, -0.25) is 10.6 Å². The van der Waals surface area contributed by atoms with Gasteiger partial charge in [0.25, 0.3) is 5.91 Å². The average Bonchev–Trinajstić information content (AvgIpc) is 2.29. The minimum absolute atomic E-state index is 0.0860. The predicted octanol–water partition coefficient (Wildman–Crippen LogP) is 1.39. The van der Waals surface area contributed by atoms with Crippen molar-refractivity contribution in [3.8, 4) is 0 Å². The number of benzene rings is 1. The second-order valence-corrected chi connectivity index (χ2v) is 4.10. The fourth-order valence-corrected chi connectivity index (χ4v) is 1.60. The first-order valence-corrected chi connectivity index (χ1v) is 5.52. The standard InChI is InChI=1S/C11H16ClN3O2/c1-7(6-17-2)14-11(16)9-5-8(12)3-4-10(9)15-13/h3-5,7,15H,6,13H2,1-2H3,(H,14,16). The van der Waals surface area contributed by atoms with E-state index < -0.39 is 0 Å². The summed E-state index contributed by atoms with van der Waals surface area (Å²) >= 11 is 5.84. The van der Waals surface area contributed by atoms with Crippen molar-refractivity contribution in [1.29, 1.82) is 0 Å². The van der Waals surface area contributed by atoms with Crippen LogP contribution in [0.1, 0.15) is 17.3 Å². The van der Waals surface area contributed by atoms with Crippen LogP contribution >= 0.6 is 11.6 Å². The van der Waals surface area contributed by atoms with E-state index in [2.05, 4.69) is 10.7 Å². The monoisotopic (exact) mass is 257 g/mol. The first kappa shape index (κ1) is 13.8. The number of methoxy groups -OCH3 is 1. The van der Waals surface area contributed by atoms with Gasteiger partial charge in [0.05, 0.1) is 17.9 Å². The highest BCUT2D eigenvalue weighted by Crippen LogP contribution is 2.19. The third-order valence-electron chi connectivity index (χ3n) is 2.18. The van der Waals surface area contributed by atoms with Gasteiger partial charge in [0.15, 0.2) is 0 Å². The normalized spacial score (nSPS) is 12.0. The SMILES string of the molecule is COCC(C)NC(=O)c1cc(Cl)ccc1NN. The topological polar surface area (TPSA) is 76.4 Å². The number of hydrogen-bond donors (Lipinski definition) is 3. The third-order valence-corrected chi connectivity index (χ3v) is 2.41. The van der Waals surface area contributed by atoms with E-state index in [0.29, 0.717) is 22.9 Å². The first-order valence-electron chi connectivity index (χ1n) is 5.14. The van der Waals surface area contributed by atoms with Crippen LogP contribution in [0.15, 0.2) is 18.2 Å². The summed E-state index contributed by atoms with van der Waals surface area (Å²) in [6.45, 7) is 2.29. The van der Waals surface area contributed by atoms with E-state index in [1.54, 1.807) is 25.3 Å². The molecule has 0 heterocycles. The van der Waals surface area contributed by atoms with Crippen molar-refractivity contribution in [3.05, 3.63) is 28.8 Å². The van der Waals surface area contributed by atoms with Crippen LogP contribution < -0.4 is 16.6 Å². The Balaban J connectivity index is 2.83. The quantitative estimate of drug-likeness (QED) is 0.550. The molecule has 0 spiro atoms. The lowest BCUT2D eigenvalue weighted by molar-refractivity contribution is 0.0906. The summed E-state index contributed by atoms with van der Waals surface area (Å²) in [5.41, 5.74) is 3.39. The van der Waals surface area contributed by atoms with Crippen LogP contribution in [0.2, 0.25) is 5.02 Å². The van der Waals surface area contributed by atoms with Gasteiger partial charge in [0.1, 0.15) is 0 Å². The Bertz CT molecular complexity index is 398. The van der Waals surface area contributed by atoms with Crippen LogP contribution in [0.5, 0.6) is 0 Å². The number of hydrogen-bond acceptors (Lipinski definition) is 4. The highest BCUT2D eigenvalue weighted by molar-refractivity contribution is 6.31. The van der Waals surface area contributed by atoms with Gasteiger partial charge in [-0.2, -0.15) is 0 Å². The van der Waals surface area contributed by atoms with Crippen LogP contribution in [0, 0.1) is 0 Å². The van der Waals surface area contributed by atoms with E-state index in [0.717, 1.165) is 0 Å². The lowest BCUT2D eigenvalue weighted by atomic mass is 10.1. The predicted molar refractivity (Wildman–Crippen MR) is 68.1 cm³/mol. The number of anilines is 1. The maximum Gasteiger partial charge on any atom is 0.253 e. The average molecular weight is 258 g/mol. The second-order valence-electron chi connectivity index (χ2n) is 3.66. The van der Waals surface area contributed by atoms with Gasteiger partial charge in [-0.1, -0.05) is 11.6 Å². The molecule has 1 rings (SSSR count). The third kappa shape index (κ3) is 3.89. The van der Waals surface area contributed by atoms with Crippen LogP contribution in [-0.2, 0) is 4.74 Å². The van der Waals surface area contributed by atoms with Gasteiger partial charge in [-0.05, 0) is 25.1 Å². The van der Waals surface area contributed by atoms with Gasteiger partial charge < -0.3 is 15.5 Å². The largest absolute Gasteiger partial charge is 0.383 e. The van der Waals surface area contributed by atoms with Crippen molar-refractivity contribution in [2.24, 2.45) is 5.84 Å². The van der Waals surface area contributed by atoms with Crippen molar-refractivity contribution in [3.63, 3.8) is 0 Å². The van der Waals surface area contributed by atoms with Crippen molar-refractivity contribution >= 4 is 23.2 Å². The van der Waals surface area contributed by atoms with Crippen LogP contribution in [0.3, 0.4) is 0 Å². The highest BCUT2D eigenvalue weighted by Gasteiger charge is 2.13.